The summed E-state index contributed by atoms with van der Waals surface area (Å²) in [4.78, 5) is 4.64. The van der Waals surface area contributed by atoms with Crippen LogP contribution in [0, 0.1) is 0 Å². The third-order valence-corrected chi connectivity index (χ3v) is 4.63. The summed E-state index contributed by atoms with van der Waals surface area (Å²) < 4.78 is 22.0. The fourth-order valence-corrected chi connectivity index (χ4v) is 3.11. The minimum absolute atomic E-state index is 0.0694. The number of nitrogens with zero attached hydrogens (tertiary/aromatic N) is 1. The molecule has 1 atom stereocenters. The molecule has 0 aliphatic heterocycles. The van der Waals surface area contributed by atoms with Gasteiger partial charge in [0.2, 0.25) is 0 Å². The lowest BCUT2D eigenvalue weighted by molar-refractivity contribution is 0.179. The molecule has 0 radical (unpaired) electrons. The predicted octanol–water partition coefficient (Wildman–Crippen LogP) is 3.29. The lowest BCUT2D eigenvalue weighted by atomic mass is 10.1. The van der Waals surface area contributed by atoms with Crippen molar-refractivity contribution in [3.8, 4) is 23.0 Å². The number of ether oxygens (including phenoxy) is 4. The molecule has 176 valence electrons. The molecule has 0 saturated heterocycles. The summed E-state index contributed by atoms with van der Waals surface area (Å²) in [6.45, 7) is 7.20. The van der Waals surface area contributed by atoms with Crippen molar-refractivity contribution in [3.63, 3.8) is 0 Å². The Balaban J connectivity index is 2.12. The van der Waals surface area contributed by atoms with Crippen molar-refractivity contribution in [1.29, 1.82) is 0 Å². The number of hydrogen-bond donors (Lipinski definition) is 3. The summed E-state index contributed by atoms with van der Waals surface area (Å²) in [7, 11) is 4.78. The summed E-state index contributed by atoms with van der Waals surface area (Å²) in [5.41, 5.74) is 1.57. The second kappa shape index (κ2) is 12.7. The number of rotatable bonds is 11. The third-order valence-electron chi connectivity index (χ3n) is 4.63. The number of aliphatic imine (C=N–C) groups is 1. The fraction of sp³-hybridized carbons (Fsp3) is 0.458. The van der Waals surface area contributed by atoms with Crippen LogP contribution in [0.15, 0.2) is 41.4 Å². The molecule has 0 saturated carbocycles. The van der Waals surface area contributed by atoms with E-state index in [2.05, 4.69) is 15.6 Å². The van der Waals surface area contributed by atoms with E-state index in [0.29, 0.717) is 36.3 Å². The van der Waals surface area contributed by atoms with Gasteiger partial charge < -0.3 is 34.7 Å². The third kappa shape index (κ3) is 7.23. The Morgan fingerprint density at radius 3 is 2.22 bits per heavy atom. The van der Waals surface area contributed by atoms with Crippen LogP contribution in [-0.2, 0) is 6.54 Å². The molecule has 3 N–H and O–H groups in total. The van der Waals surface area contributed by atoms with Crippen LogP contribution in [-0.4, -0.2) is 51.6 Å². The summed E-state index contributed by atoms with van der Waals surface area (Å²) in [5, 5.41) is 17.0. The highest BCUT2D eigenvalue weighted by molar-refractivity contribution is 5.79. The first kappa shape index (κ1) is 25.1. The van der Waals surface area contributed by atoms with Crippen molar-refractivity contribution >= 4 is 5.96 Å². The number of hydrogen-bond acceptors (Lipinski definition) is 6. The molecule has 0 bridgehead atoms. The first-order valence-corrected chi connectivity index (χ1v) is 10.7. The molecule has 2 rings (SSSR count). The molecule has 8 nitrogen and oxygen atoms in total. The SMILES string of the molecule is CCNC(=NCc1c(OC)cc(OC)cc1OC)NCC(O)c1cccc(OC(C)C)c1. The molecular formula is C24H35N3O5. The van der Waals surface area contributed by atoms with E-state index < -0.39 is 6.10 Å². The predicted molar refractivity (Wildman–Crippen MR) is 126 cm³/mol. The van der Waals surface area contributed by atoms with Gasteiger partial charge in [-0.1, -0.05) is 12.1 Å². The van der Waals surface area contributed by atoms with Crippen LogP contribution in [0.25, 0.3) is 0 Å². The van der Waals surface area contributed by atoms with Crippen molar-refractivity contribution in [3.05, 3.63) is 47.5 Å². The monoisotopic (exact) mass is 445 g/mol. The van der Waals surface area contributed by atoms with E-state index in [-0.39, 0.29) is 12.6 Å². The van der Waals surface area contributed by atoms with Crippen molar-refractivity contribution in [2.75, 3.05) is 34.4 Å². The molecule has 0 aliphatic rings. The van der Waals surface area contributed by atoms with Crippen LogP contribution in [0.3, 0.4) is 0 Å². The maximum atomic E-state index is 10.6. The molecule has 0 aromatic heterocycles. The maximum absolute atomic E-state index is 10.6. The van der Waals surface area contributed by atoms with Gasteiger partial charge in [-0.2, -0.15) is 0 Å². The lowest BCUT2D eigenvalue weighted by Crippen LogP contribution is -2.39. The molecule has 0 aliphatic carbocycles. The average molecular weight is 446 g/mol. The van der Waals surface area contributed by atoms with E-state index in [9.17, 15) is 5.11 Å². The van der Waals surface area contributed by atoms with Crippen molar-refractivity contribution in [2.45, 2.75) is 39.5 Å². The topological polar surface area (TPSA) is 93.6 Å². The van der Waals surface area contributed by atoms with Crippen LogP contribution in [0.2, 0.25) is 0 Å². The summed E-state index contributed by atoms with van der Waals surface area (Å²) in [6, 6.07) is 11.1. The van der Waals surface area contributed by atoms with Crippen LogP contribution < -0.4 is 29.6 Å². The van der Waals surface area contributed by atoms with Gasteiger partial charge >= 0.3 is 0 Å². The van der Waals surface area contributed by atoms with Crippen molar-refractivity contribution in [1.82, 2.24) is 10.6 Å². The minimum atomic E-state index is -0.723. The Morgan fingerprint density at radius 2 is 1.66 bits per heavy atom. The normalized spacial score (nSPS) is 12.3. The number of methoxy groups -OCH3 is 3. The molecular weight excluding hydrogens is 410 g/mol. The highest BCUT2D eigenvalue weighted by Gasteiger charge is 2.14. The number of aliphatic hydroxyl groups excluding tert-OH is 1. The molecule has 0 spiro atoms. The standard InChI is InChI=1S/C24H35N3O5/c1-7-25-24(26-14-20-22(30-5)12-19(29-4)13-23(20)31-6)27-15-21(28)17-9-8-10-18(11-17)32-16(2)3/h8-13,16,21,28H,7,14-15H2,1-6H3,(H2,25,26,27). The summed E-state index contributed by atoms with van der Waals surface area (Å²) in [5.74, 6) is 3.20. The number of nitrogens with one attached hydrogen (secondary N) is 2. The molecule has 0 amide bonds. The van der Waals surface area contributed by atoms with E-state index in [1.807, 2.05) is 45.0 Å². The first-order valence-electron chi connectivity index (χ1n) is 10.7. The van der Waals surface area contributed by atoms with Gasteiger partial charge in [0.1, 0.15) is 23.0 Å². The Hall–Kier alpha value is -3.13. The van der Waals surface area contributed by atoms with E-state index in [1.165, 1.54) is 0 Å². The Bertz CT molecular complexity index is 861. The van der Waals surface area contributed by atoms with Gasteiger partial charge in [-0.15, -0.1) is 0 Å². The van der Waals surface area contributed by atoms with Crippen molar-refractivity contribution < 1.29 is 24.1 Å². The summed E-state index contributed by atoms with van der Waals surface area (Å²) in [6.07, 6.45) is -0.653. The van der Waals surface area contributed by atoms with Gasteiger partial charge in [0.25, 0.3) is 0 Å². The van der Waals surface area contributed by atoms with E-state index in [0.717, 1.165) is 16.9 Å². The molecule has 2 aromatic rings. The molecule has 2 aromatic carbocycles. The second-order valence-corrected chi connectivity index (χ2v) is 7.34. The Labute approximate surface area is 190 Å². The van der Waals surface area contributed by atoms with Gasteiger partial charge in [0.15, 0.2) is 5.96 Å². The largest absolute Gasteiger partial charge is 0.496 e. The van der Waals surface area contributed by atoms with Gasteiger partial charge in [0, 0.05) is 25.2 Å². The fourth-order valence-electron chi connectivity index (χ4n) is 3.11. The molecule has 0 heterocycles. The number of benzene rings is 2. The van der Waals surface area contributed by atoms with Crippen LogP contribution in [0.4, 0.5) is 0 Å². The van der Waals surface area contributed by atoms with Gasteiger partial charge in [-0.25, -0.2) is 4.99 Å². The molecule has 1 unspecified atom stereocenters. The summed E-state index contributed by atoms with van der Waals surface area (Å²) >= 11 is 0. The van der Waals surface area contributed by atoms with Gasteiger partial charge in [-0.05, 0) is 38.5 Å². The van der Waals surface area contributed by atoms with Gasteiger partial charge in [-0.3, -0.25) is 0 Å². The zero-order valence-electron chi connectivity index (χ0n) is 19.8. The minimum Gasteiger partial charge on any atom is -0.496 e. The second-order valence-electron chi connectivity index (χ2n) is 7.34. The lowest BCUT2D eigenvalue weighted by Gasteiger charge is -2.18. The van der Waals surface area contributed by atoms with Crippen LogP contribution in [0.5, 0.6) is 23.0 Å². The number of guanidine groups is 1. The smallest absolute Gasteiger partial charge is 0.191 e. The average Bonchev–Trinajstić information content (AvgIpc) is 2.79. The zero-order valence-corrected chi connectivity index (χ0v) is 19.8. The Kier molecular flexibility index (Phi) is 9.94. The van der Waals surface area contributed by atoms with Crippen LogP contribution in [0.1, 0.15) is 38.0 Å². The van der Waals surface area contributed by atoms with E-state index in [4.69, 9.17) is 18.9 Å². The first-order chi connectivity index (χ1) is 15.4. The highest BCUT2D eigenvalue weighted by atomic mass is 16.5. The van der Waals surface area contributed by atoms with Gasteiger partial charge in [0.05, 0.1) is 45.6 Å². The molecule has 32 heavy (non-hydrogen) atoms. The van der Waals surface area contributed by atoms with E-state index >= 15 is 0 Å². The van der Waals surface area contributed by atoms with Crippen molar-refractivity contribution in [2.24, 2.45) is 4.99 Å². The molecule has 0 fully saturated rings. The number of aliphatic hydroxyl groups is 1. The van der Waals surface area contributed by atoms with Crippen LogP contribution >= 0.6 is 0 Å². The Morgan fingerprint density at radius 1 is 0.969 bits per heavy atom. The highest BCUT2D eigenvalue weighted by Crippen LogP contribution is 2.34. The molecule has 8 heteroatoms. The maximum Gasteiger partial charge on any atom is 0.191 e. The quantitative estimate of drug-likeness (QED) is 0.361. The zero-order chi connectivity index (χ0) is 23.5. The van der Waals surface area contributed by atoms with E-state index in [1.54, 1.807) is 33.5 Å².